The number of hydrogen-bond acceptors (Lipinski definition) is 3. The van der Waals surface area contributed by atoms with Crippen LogP contribution in [0.5, 0.6) is 0 Å². The van der Waals surface area contributed by atoms with Gasteiger partial charge in [0.2, 0.25) is 0 Å². The molecule has 0 atom stereocenters. The molecule has 4 heteroatoms. The van der Waals surface area contributed by atoms with Crippen molar-refractivity contribution in [3.63, 3.8) is 0 Å². The van der Waals surface area contributed by atoms with Crippen molar-refractivity contribution < 1.29 is 9.53 Å². The monoisotopic (exact) mass is 280 g/mol. The highest BCUT2D eigenvalue weighted by molar-refractivity contribution is 5.72. The number of nitrogens with zero attached hydrogens (tertiary/aromatic N) is 2. The summed E-state index contributed by atoms with van der Waals surface area (Å²) in [6.45, 7) is 2.63. The summed E-state index contributed by atoms with van der Waals surface area (Å²) in [7, 11) is 0. The van der Waals surface area contributed by atoms with Crippen molar-refractivity contribution >= 4 is 12.2 Å². The largest absolute Gasteiger partial charge is 0.443 e. The Morgan fingerprint density at radius 2 is 2.10 bits per heavy atom. The molecule has 1 aliphatic rings. The topological polar surface area (TPSA) is 42.4 Å². The third-order valence-electron chi connectivity index (χ3n) is 3.35. The number of benzene rings is 1. The molecule has 3 rings (SSSR count). The summed E-state index contributed by atoms with van der Waals surface area (Å²) in [4.78, 5) is 18.0. The van der Waals surface area contributed by atoms with Crippen LogP contribution in [0.1, 0.15) is 22.5 Å². The molecule has 0 saturated heterocycles. The molecule has 0 aliphatic carbocycles. The normalized spacial score (nSPS) is 12.9. The lowest BCUT2D eigenvalue weighted by atomic mass is 10.1. The van der Waals surface area contributed by atoms with Gasteiger partial charge in [0.1, 0.15) is 6.61 Å². The van der Waals surface area contributed by atoms with Gasteiger partial charge < -0.3 is 4.74 Å². The van der Waals surface area contributed by atoms with Gasteiger partial charge in [-0.25, -0.2) is 4.79 Å². The zero-order valence-electron chi connectivity index (χ0n) is 11.8. The fourth-order valence-corrected chi connectivity index (χ4v) is 2.27. The highest BCUT2D eigenvalue weighted by Gasteiger charge is 2.17. The molecule has 1 aromatic carbocycles. The summed E-state index contributed by atoms with van der Waals surface area (Å²) in [5.74, 6) is 0. The minimum absolute atomic E-state index is 0.187. The van der Waals surface area contributed by atoms with Gasteiger partial charge in [-0.3, -0.25) is 9.88 Å². The summed E-state index contributed by atoms with van der Waals surface area (Å²) < 4.78 is 5.31. The van der Waals surface area contributed by atoms with Gasteiger partial charge in [0.25, 0.3) is 0 Å². The molecule has 0 N–H and O–H groups in total. The second kappa shape index (κ2) is 5.79. The first kappa shape index (κ1) is 13.4. The molecule has 1 amide bonds. The molecule has 0 fully saturated rings. The Kier molecular flexibility index (Phi) is 3.69. The maximum Gasteiger partial charge on any atom is 0.414 e. The predicted octanol–water partition coefficient (Wildman–Crippen LogP) is 3.51. The van der Waals surface area contributed by atoms with E-state index in [-0.39, 0.29) is 12.7 Å². The Balaban J connectivity index is 1.62. The smallest absolute Gasteiger partial charge is 0.414 e. The quantitative estimate of drug-likeness (QED) is 0.845. The molecule has 0 spiro atoms. The van der Waals surface area contributed by atoms with Crippen molar-refractivity contribution in [3.05, 3.63) is 71.2 Å². The zero-order valence-corrected chi connectivity index (χ0v) is 11.8. The molecule has 1 aliphatic heterocycles. The summed E-state index contributed by atoms with van der Waals surface area (Å²) in [6.07, 6.45) is 3.32. The highest BCUT2D eigenvalue weighted by Crippen LogP contribution is 2.19. The van der Waals surface area contributed by atoms with Gasteiger partial charge in [0.05, 0.1) is 12.2 Å². The maximum atomic E-state index is 12.1. The van der Waals surface area contributed by atoms with E-state index in [1.807, 2.05) is 55.5 Å². The number of carbonyl (C=O) groups excluding carboxylic acids is 1. The number of hydrogen-bond donors (Lipinski definition) is 0. The fraction of sp³-hybridized carbons (Fsp3) is 0.176. The predicted molar refractivity (Wildman–Crippen MR) is 80.2 cm³/mol. The summed E-state index contributed by atoms with van der Waals surface area (Å²) in [5, 5.41) is 0. The molecule has 106 valence electrons. The van der Waals surface area contributed by atoms with Gasteiger partial charge in [-0.2, -0.15) is 0 Å². The van der Waals surface area contributed by atoms with Crippen LogP contribution in [-0.4, -0.2) is 16.0 Å². The van der Waals surface area contributed by atoms with Gasteiger partial charge in [-0.05, 0) is 36.3 Å². The van der Waals surface area contributed by atoms with Gasteiger partial charge in [0.15, 0.2) is 0 Å². The fourth-order valence-electron chi connectivity index (χ4n) is 2.27. The number of aryl methyl sites for hydroxylation is 1. The van der Waals surface area contributed by atoms with E-state index in [0.717, 1.165) is 22.5 Å². The van der Waals surface area contributed by atoms with Gasteiger partial charge in [-0.15, -0.1) is 0 Å². The molecule has 0 radical (unpaired) electrons. The summed E-state index contributed by atoms with van der Waals surface area (Å²) in [5.41, 5.74) is 3.92. The second-order valence-corrected chi connectivity index (χ2v) is 4.97. The van der Waals surface area contributed by atoms with Crippen LogP contribution in [0, 0.1) is 6.92 Å². The van der Waals surface area contributed by atoms with Crippen LogP contribution in [0.15, 0.2) is 48.7 Å². The average Bonchev–Trinajstić information content (AvgIpc) is 2.52. The highest BCUT2D eigenvalue weighted by atomic mass is 16.6. The van der Waals surface area contributed by atoms with Crippen LogP contribution in [0.25, 0.3) is 6.08 Å². The minimum atomic E-state index is -0.357. The van der Waals surface area contributed by atoms with E-state index in [9.17, 15) is 4.79 Å². The summed E-state index contributed by atoms with van der Waals surface area (Å²) in [6, 6.07) is 13.7. The van der Waals surface area contributed by atoms with Crippen molar-refractivity contribution in [1.82, 2.24) is 9.88 Å². The lowest BCUT2D eigenvalue weighted by Gasteiger charge is -2.22. The molecule has 1 aromatic heterocycles. The van der Waals surface area contributed by atoms with Crippen LogP contribution in [0.2, 0.25) is 0 Å². The van der Waals surface area contributed by atoms with Crippen LogP contribution in [0.4, 0.5) is 4.79 Å². The van der Waals surface area contributed by atoms with E-state index >= 15 is 0 Å². The lowest BCUT2D eigenvalue weighted by molar-refractivity contribution is 0.107. The Bertz CT molecular complexity index is 695. The molecule has 0 saturated carbocycles. The summed E-state index contributed by atoms with van der Waals surface area (Å²) >= 11 is 0. The van der Waals surface area contributed by atoms with E-state index < -0.39 is 0 Å². The van der Waals surface area contributed by atoms with Crippen LogP contribution < -0.4 is 0 Å². The Labute approximate surface area is 123 Å². The van der Waals surface area contributed by atoms with Crippen molar-refractivity contribution in [2.75, 3.05) is 0 Å². The van der Waals surface area contributed by atoms with Crippen molar-refractivity contribution in [1.29, 1.82) is 0 Å². The maximum absolute atomic E-state index is 12.1. The third kappa shape index (κ3) is 3.11. The third-order valence-corrected chi connectivity index (χ3v) is 3.35. The Morgan fingerprint density at radius 1 is 1.24 bits per heavy atom. The molecule has 4 nitrogen and oxygen atoms in total. The number of rotatable bonds is 2. The van der Waals surface area contributed by atoms with Gasteiger partial charge in [0, 0.05) is 11.9 Å². The Hall–Kier alpha value is -2.62. The molecule has 0 bridgehead atoms. The number of amides is 1. The van der Waals surface area contributed by atoms with Crippen molar-refractivity contribution in [3.8, 4) is 0 Å². The minimum Gasteiger partial charge on any atom is -0.443 e. The number of aromatic nitrogens is 1. The van der Waals surface area contributed by atoms with Crippen LogP contribution in [-0.2, 0) is 17.9 Å². The van der Waals surface area contributed by atoms with Crippen LogP contribution in [0.3, 0.4) is 0 Å². The number of fused-ring (bicyclic) bond motifs is 1. The SMILES string of the molecule is Cc1cccc(COC(=O)N2C=Cc3ccccc3C2)n1. The average molecular weight is 280 g/mol. The van der Waals surface area contributed by atoms with E-state index in [2.05, 4.69) is 4.98 Å². The van der Waals surface area contributed by atoms with Crippen molar-refractivity contribution in [2.24, 2.45) is 0 Å². The van der Waals surface area contributed by atoms with Crippen molar-refractivity contribution in [2.45, 2.75) is 20.1 Å². The van der Waals surface area contributed by atoms with E-state index in [1.54, 1.807) is 11.1 Å². The zero-order chi connectivity index (χ0) is 14.7. The molecule has 21 heavy (non-hydrogen) atoms. The molecule has 2 aromatic rings. The first-order chi connectivity index (χ1) is 10.2. The lowest BCUT2D eigenvalue weighted by Crippen LogP contribution is -2.28. The molecule has 0 unspecified atom stereocenters. The number of carbonyl (C=O) groups is 1. The standard InChI is InChI=1S/C17H16N2O2/c1-13-5-4-8-16(18-13)12-21-17(20)19-10-9-14-6-2-3-7-15(14)11-19/h2-10H,11-12H2,1H3. The van der Waals surface area contributed by atoms with Crippen LogP contribution >= 0.6 is 0 Å². The Morgan fingerprint density at radius 3 is 2.95 bits per heavy atom. The van der Waals surface area contributed by atoms with E-state index in [0.29, 0.717) is 6.54 Å². The van der Waals surface area contributed by atoms with Gasteiger partial charge in [-0.1, -0.05) is 30.3 Å². The van der Waals surface area contributed by atoms with E-state index in [1.165, 1.54) is 0 Å². The first-order valence-corrected chi connectivity index (χ1v) is 6.84. The molecular formula is C17H16N2O2. The van der Waals surface area contributed by atoms with E-state index in [4.69, 9.17) is 4.74 Å². The number of ether oxygens (including phenoxy) is 1. The number of pyridine rings is 1. The first-order valence-electron chi connectivity index (χ1n) is 6.84. The molecule has 2 heterocycles. The van der Waals surface area contributed by atoms with Gasteiger partial charge >= 0.3 is 6.09 Å². The molecular weight excluding hydrogens is 264 g/mol. The second-order valence-electron chi connectivity index (χ2n) is 4.97.